The van der Waals surface area contributed by atoms with Gasteiger partial charge in [-0.1, -0.05) is 0 Å². The van der Waals surface area contributed by atoms with Crippen LogP contribution in [0.2, 0.25) is 0 Å². The zero-order valence-electron chi connectivity index (χ0n) is 10.5. The van der Waals surface area contributed by atoms with Gasteiger partial charge >= 0.3 is 0 Å². The van der Waals surface area contributed by atoms with Crippen LogP contribution in [0.5, 0.6) is 0 Å². The normalized spacial score (nSPS) is 29.7. The third kappa shape index (κ3) is 3.40. The van der Waals surface area contributed by atoms with Crippen molar-refractivity contribution < 1.29 is 14.3 Å². The third-order valence-corrected chi connectivity index (χ3v) is 3.44. The summed E-state index contributed by atoms with van der Waals surface area (Å²) >= 11 is 0. The van der Waals surface area contributed by atoms with Gasteiger partial charge in [-0.3, -0.25) is 9.69 Å². The Kier molecular flexibility index (Phi) is 4.76. The van der Waals surface area contributed by atoms with Gasteiger partial charge < -0.3 is 14.8 Å². The summed E-state index contributed by atoms with van der Waals surface area (Å²) in [7, 11) is 0. The summed E-state index contributed by atoms with van der Waals surface area (Å²) in [6.07, 6.45) is 2.52. The van der Waals surface area contributed by atoms with Crippen molar-refractivity contribution in [2.45, 2.75) is 31.8 Å². The van der Waals surface area contributed by atoms with Crippen LogP contribution in [0.15, 0.2) is 0 Å². The first-order valence-electron chi connectivity index (χ1n) is 6.50. The van der Waals surface area contributed by atoms with Crippen molar-refractivity contribution >= 4 is 5.91 Å². The molecule has 0 aliphatic carbocycles. The smallest absolute Gasteiger partial charge is 0.246 e. The number of carbonyl (C=O) groups is 1. The molecule has 2 atom stereocenters. The van der Waals surface area contributed by atoms with Gasteiger partial charge in [-0.25, -0.2) is 0 Å². The van der Waals surface area contributed by atoms with Gasteiger partial charge in [0.15, 0.2) is 0 Å². The minimum absolute atomic E-state index is 0.0356. The van der Waals surface area contributed by atoms with E-state index in [9.17, 15) is 4.79 Å². The number of likely N-dealkylation sites (tertiary alicyclic amines) is 1. The highest BCUT2D eigenvalue weighted by Crippen LogP contribution is 2.18. The predicted molar refractivity (Wildman–Crippen MR) is 63.8 cm³/mol. The van der Waals surface area contributed by atoms with Crippen molar-refractivity contribution in [1.82, 2.24) is 10.2 Å². The lowest BCUT2D eigenvalue weighted by Crippen LogP contribution is -2.51. The number of amides is 1. The standard InChI is InChI=1S/C12H22N2O3/c1-2-16-9-12(15)13-10-7-17-8-11(10)14-5-3-4-6-14/h10-11H,2-9H2,1H3,(H,13,15)/t10-,11-/m0/s1. The van der Waals surface area contributed by atoms with Crippen LogP contribution in [0.4, 0.5) is 0 Å². The van der Waals surface area contributed by atoms with E-state index < -0.39 is 0 Å². The lowest BCUT2D eigenvalue weighted by Gasteiger charge is -2.27. The van der Waals surface area contributed by atoms with Gasteiger partial charge in [0.1, 0.15) is 6.61 Å². The molecule has 0 spiro atoms. The Hall–Kier alpha value is -0.650. The van der Waals surface area contributed by atoms with Gasteiger partial charge in [-0.2, -0.15) is 0 Å². The van der Waals surface area contributed by atoms with Crippen LogP contribution in [0.3, 0.4) is 0 Å². The van der Waals surface area contributed by atoms with Crippen LogP contribution in [0.1, 0.15) is 19.8 Å². The summed E-state index contributed by atoms with van der Waals surface area (Å²) in [5, 5.41) is 3.01. The Labute approximate surface area is 102 Å². The van der Waals surface area contributed by atoms with Crippen LogP contribution in [0.25, 0.3) is 0 Å². The van der Waals surface area contributed by atoms with E-state index in [1.54, 1.807) is 0 Å². The van der Waals surface area contributed by atoms with E-state index in [2.05, 4.69) is 10.2 Å². The molecule has 2 aliphatic heterocycles. The molecule has 0 bridgehead atoms. The topological polar surface area (TPSA) is 50.8 Å². The summed E-state index contributed by atoms with van der Waals surface area (Å²) in [6.45, 7) is 6.24. The molecular formula is C12H22N2O3. The second kappa shape index (κ2) is 6.33. The quantitative estimate of drug-likeness (QED) is 0.737. The first-order chi connectivity index (χ1) is 8.31. The van der Waals surface area contributed by atoms with Crippen LogP contribution in [-0.4, -0.2) is 62.4 Å². The van der Waals surface area contributed by atoms with E-state index in [1.165, 1.54) is 12.8 Å². The first-order valence-corrected chi connectivity index (χ1v) is 6.50. The van der Waals surface area contributed by atoms with Gasteiger partial charge in [0.25, 0.3) is 0 Å². The molecule has 2 saturated heterocycles. The monoisotopic (exact) mass is 242 g/mol. The zero-order valence-corrected chi connectivity index (χ0v) is 10.5. The molecular weight excluding hydrogens is 220 g/mol. The first kappa shape index (κ1) is 12.8. The molecule has 5 nitrogen and oxygen atoms in total. The molecule has 2 fully saturated rings. The maximum absolute atomic E-state index is 11.6. The summed E-state index contributed by atoms with van der Waals surface area (Å²) in [5.74, 6) is -0.0356. The van der Waals surface area contributed by atoms with Gasteiger partial charge in [0.05, 0.1) is 25.3 Å². The van der Waals surface area contributed by atoms with Gasteiger partial charge in [-0.15, -0.1) is 0 Å². The number of hydrogen-bond acceptors (Lipinski definition) is 4. The SMILES string of the molecule is CCOCC(=O)N[C@H]1COC[C@@H]1N1CCCC1. The fourth-order valence-electron chi connectivity index (χ4n) is 2.56. The van der Waals surface area contributed by atoms with Crippen LogP contribution in [-0.2, 0) is 14.3 Å². The minimum Gasteiger partial charge on any atom is -0.378 e. The number of carbonyl (C=O) groups excluding carboxylic acids is 1. The summed E-state index contributed by atoms with van der Waals surface area (Å²) in [4.78, 5) is 14.0. The van der Waals surface area contributed by atoms with Crippen LogP contribution in [0, 0.1) is 0 Å². The summed E-state index contributed by atoms with van der Waals surface area (Å²) in [5.41, 5.74) is 0. The molecule has 98 valence electrons. The molecule has 1 amide bonds. The molecule has 2 heterocycles. The average molecular weight is 242 g/mol. The molecule has 0 saturated carbocycles. The Morgan fingerprint density at radius 2 is 2.18 bits per heavy atom. The molecule has 0 aromatic heterocycles. The summed E-state index contributed by atoms with van der Waals surface area (Å²) in [6, 6.07) is 0.476. The Bertz CT molecular complexity index is 254. The van der Waals surface area contributed by atoms with E-state index in [4.69, 9.17) is 9.47 Å². The number of rotatable bonds is 5. The molecule has 5 heteroatoms. The van der Waals surface area contributed by atoms with Gasteiger partial charge in [-0.05, 0) is 32.9 Å². The van der Waals surface area contributed by atoms with E-state index in [0.717, 1.165) is 19.7 Å². The molecule has 0 aromatic carbocycles. The number of nitrogens with one attached hydrogen (secondary N) is 1. The van der Waals surface area contributed by atoms with Crippen molar-refractivity contribution in [3.8, 4) is 0 Å². The van der Waals surface area contributed by atoms with Crippen LogP contribution < -0.4 is 5.32 Å². The Morgan fingerprint density at radius 3 is 2.88 bits per heavy atom. The van der Waals surface area contributed by atoms with E-state index in [-0.39, 0.29) is 18.6 Å². The lowest BCUT2D eigenvalue weighted by atomic mass is 10.1. The van der Waals surface area contributed by atoms with Crippen molar-refractivity contribution in [2.24, 2.45) is 0 Å². The number of ether oxygens (including phenoxy) is 2. The molecule has 17 heavy (non-hydrogen) atoms. The molecule has 0 unspecified atom stereocenters. The Morgan fingerprint density at radius 1 is 1.41 bits per heavy atom. The number of nitrogens with zero attached hydrogens (tertiary/aromatic N) is 1. The van der Waals surface area contributed by atoms with Crippen molar-refractivity contribution in [1.29, 1.82) is 0 Å². The van der Waals surface area contributed by atoms with Crippen LogP contribution >= 0.6 is 0 Å². The highest BCUT2D eigenvalue weighted by molar-refractivity contribution is 5.77. The maximum Gasteiger partial charge on any atom is 0.246 e. The van der Waals surface area contributed by atoms with Crippen molar-refractivity contribution in [2.75, 3.05) is 39.5 Å². The lowest BCUT2D eigenvalue weighted by molar-refractivity contribution is -0.126. The second-order valence-electron chi connectivity index (χ2n) is 4.66. The van der Waals surface area contributed by atoms with Crippen molar-refractivity contribution in [3.63, 3.8) is 0 Å². The highest BCUT2D eigenvalue weighted by atomic mass is 16.5. The third-order valence-electron chi connectivity index (χ3n) is 3.44. The minimum atomic E-state index is -0.0356. The fraction of sp³-hybridized carbons (Fsp3) is 0.917. The van der Waals surface area contributed by atoms with Gasteiger partial charge in [0.2, 0.25) is 5.91 Å². The molecule has 2 rings (SSSR count). The number of hydrogen-bond donors (Lipinski definition) is 1. The Balaban J connectivity index is 1.80. The molecule has 0 radical (unpaired) electrons. The van der Waals surface area contributed by atoms with E-state index >= 15 is 0 Å². The van der Waals surface area contributed by atoms with Crippen molar-refractivity contribution in [3.05, 3.63) is 0 Å². The maximum atomic E-state index is 11.6. The summed E-state index contributed by atoms with van der Waals surface area (Å²) < 4.78 is 10.6. The largest absolute Gasteiger partial charge is 0.378 e. The molecule has 2 aliphatic rings. The molecule has 0 aromatic rings. The average Bonchev–Trinajstić information content (AvgIpc) is 2.95. The van der Waals surface area contributed by atoms with E-state index in [1.807, 2.05) is 6.92 Å². The zero-order chi connectivity index (χ0) is 12.1. The van der Waals surface area contributed by atoms with E-state index in [0.29, 0.717) is 19.3 Å². The van der Waals surface area contributed by atoms with Gasteiger partial charge in [0, 0.05) is 6.61 Å². The second-order valence-corrected chi connectivity index (χ2v) is 4.66. The molecule has 1 N–H and O–H groups in total. The fourth-order valence-corrected chi connectivity index (χ4v) is 2.56. The predicted octanol–water partition coefficient (Wildman–Crippen LogP) is 0.00230. The highest BCUT2D eigenvalue weighted by Gasteiger charge is 2.35.